The van der Waals surface area contributed by atoms with Crippen molar-refractivity contribution in [1.82, 2.24) is 10.6 Å². The topological polar surface area (TPSA) is 50.4 Å². The predicted octanol–water partition coefficient (Wildman–Crippen LogP) is 0.844. The summed E-state index contributed by atoms with van der Waals surface area (Å²) in [5, 5.41) is 6.46. The van der Waals surface area contributed by atoms with E-state index in [-0.39, 0.29) is 30.5 Å². The van der Waals surface area contributed by atoms with Crippen molar-refractivity contribution in [2.75, 3.05) is 13.2 Å². The second kappa shape index (κ2) is 6.42. The van der Waals surface area contributed by atoms with Crippen molar-refractivity contribution in [1.29, 1.82) is 0 Å². The van der Waals surface area contributed by atoms with Gasteiger partial charge in [-0.2, -0.15) is 0 Å². The van der Waals surface area contributed by atoms with Crippen molar-refractivity contribution in [2.45, 2.75) is 50.8 Å². The number of hydrogen-bond acceptors (Lipinski definition) is 3. The van der Waals surface area contributed by atoms with Gasteiger partial charge in [0.15, 0.2) is 0 Å². The second-order valence-corrected chi connectivity index (χ2v) is 4.50. The summed E-state index contributed by atoms with van der Waals surface area (Å²) in [6, 6.07) is 0.652. The van der Waals surface area contributed by atoms with Crippen LogP contribution in [0.15, 0.2) is 0 Å². The quantitative estimate of drug-likeness (QED) is 0.762. The first kappa shape index (κ1) is 13.7. The molecule has 3 unspecified atom stereocenters. The summed E-state index contributed by atoms with van der Waals surface area (Å²) < 4.78 is 5.36. The largest absolute Gasteiger partial charge is 0.368 e. The van der Waals surface area contributed by atoms with Gasteiger partial charge in [0.05, 0.1) is 0 Å². The average molecular weight is 249 g/mol. The van der Waals surface area contributed by atoms with E-state index in [0.717, 1.165) is 38.8 Å². The molecule has 0 aromatic heterocycles. The molecule has 2 aliphatic rings. The van der Waals surface area contributed by atoms with Crippen LogP contribution in [-0.4, -0.2) is 37.2 Å². The van der Waals surface area contributed by atoms with Gasteiger partial charge in [-0.05, 0) is 39.2 Å². The molecule has 4 nitrogen and oxygen atoms in total. The Hall–Kier alpha value is -0.320. The summed E-state index contributed by atoms with van der Waals surface area (Å²) in [5.41, 5.74) is 0. The molecule has 0 bridgehead atoms. The average Bonchev–Trinajstić information content (AvgIpc) is 2.74. The van der Waals surface area contributed by atoms with Crippen LogP contribution in [0.25, 0.3) is 0 Å². The maximum Gasteiger partial charge on any atom is 0.249 e. The van der Waals surface area contributed by atoms with E-state index in [1.165, 1.54) is 0 Å². The molecule has 2 fully saturated rings. The number of halogens is 1. The van der Waals surface area contributed by atoms with Crippen LogP contribution >= 0.6 is 12.4 Å². The van der Waals surface area contributed by atoms with E-state index in [1.807, 2.05) is 0 Å². The lowest BCUT2D eigenvalue weighted by atomic mass is 9.99. The van der Waals surface area contributed by atoms with Gasteiger partial charge in [0.1, 0.15) is 6.10 Å². The van der Waals surface area contributed by atoms with Gasteiger partial charge < -0.3 is 15.4 Å². The normalized spacial score (nSPS) is 34.2. The highest BCUT2D eigenvalue weighted by Gasteiger charge is 2.28. The SMILES string of the molecule is CC1NCCCC1NC(=O)C1CCCO1.Cl. The van der Waals surface area contributed by atoms with Crippen LogP contribution in [-0.2, 0) is 9.53 Å². The van der Waals surface area contributed by atoms with Crippen LogP contribution < -0.4 is 10.6 Å². The van der Waals surface area contributed by atoms with E-state index in [9.17, 15) is 4.79 Å². The van der Waals surface area contributed by atoms with Crippen molar-refractivity contribution in [2.24, 2.45) is 0 Å². The highest BCUT2D eigenvalue weighted by atomic mass is 35.5. The van der Waals surface area contributed by atoms with Crippen LogP contribution in [0.4, 0.5) is 0 Å². The Balaban J connectivity index is 0.00000128. The molecule has 0 aromatic rings. The number of hydrogen-bond donors (Lipinski definition) is 2. The van der Waals surface area contributed by atoms with Crippen LogP contribution in [0.3, 0.4) is 0 Å². The smallest absolute Gasteiger partial charge is 0.249 e. The highest BCUT2D eigenvalue weighted by molar-refractivity contribution is 5.85. The minimum absolute atomic E-state index is 0. The molecule has 94 valence electrons. The zero-order valence-corrected chi connectivity index (χ0v) is 10.5. The molecule has 0 aromatic carbocycles. The van der Waals surface area contributed by atoms with E-state index in [1.54, 1.807) is 0 Å². The molecule has 0 radical (unpaired) electrons. The maximum atomic E-state index is 11.8. The number of piperidine rings is 1. The van der Waals surface area contributed by atoms with Crippen LogP contribution in [0.5, 0.6) is 0 Å². The van der Waals surface area contributed by atoms with Crippen LogP contribution in [0, 0.1) is 0 Å². The van der Waals surface area contributed by atoms with Crippen LogP contribution in [0.2, 0.25) is 0 Å². The van der Waals surface area contributed by atoms with Gasteiger partial charge in [-0.3, -0.25) is 4.79 Å². The molecular formula is C11H21ClN2O2. The minimum Gasteiger partial charge on any atom is -0.368 e. The molecule has 3 atom stereocenters. The molecule has 2 N–H and O–H groups in total. The van der Waals surface area contributed by atoms with Gasteiger partial charge in [0.2, 0.25) is 5.91 Å². The molecular weight excluding hydrogens is 228 g/mol. The first-order chi connectivity index (χ1) is 7.27. The number of amides is 1. The third-order valence-electron chi connectivity index (χ3n) is 3.31. The predicted molar refractivity (Wildman–Crippen MR) is 64.9 cm³/mol. The summed E-state index contributed by atoms with van der Waals surface area (Å²) in [7, 11) is 0. The molecule has 16 heavy (non-hydrogen) atoms. The molecule has 2 heterocycles. The fourth-order valence-corrected chi connectivity index (χ4v) is 2.30. The Kier molecular flexibility index (Phi) is 5.52. The van der Waals surface area contributed by atoms with Gasteiger partial charge in [-0.1, -0.05) is 0 Å². The molecule has 2 aliphatic heterocycles. The molecule has 0 aliphatic carbocycles. The second-order valence-electron chi connectivity index (χ2n) is 4.50. The molecule has 0 saturated carbocycles. The van der Waals surface area contributed by atoms with Gasteiger partial charge in [-0.15, -0.1) is 12.4 Å². The van der Waals surface area contributed by atoms with E-state index >= 15 is 0 Å². The van der Waals surface area contributed by atoms with E-state index in [4.69, 9.17) is 4.74 Å². The third kappa shape index (κ3) is 3.34. The lowest BCUT2D eigenvalue weighted by molar-refractivity contribution is -0.131. The molecule has 2 saturated heterocycles. The minimum atomic E-state index is -0.195. The molecule has 1 amide bonds. The Morgan fingerprint density at radius 1 is 1.38 bits per heavy atom. The third-order valence-corrected chi connectivity index (χ3v) is 3.31. The summed E-state index contributed by atoms with van der Waals surface area (Å²) >= 11 is 0. The number of rotatable bonds is 2. The van der Waals surface area contributed by atoms with Gasteiger partial charge in [-0.25, -0.2) is 0 Å². The van der Waals surface area contributed by atoms with E-state index in [2.05, 4.69) is 17.6 Å². The number of carbonyl (C=O) groups excluding carboxylic acids is 1. The number of nitrogens with one attached hydrogen (secondary N) is 2. The molecule has 2 rings (SSSR count). The summed E-state index contributed by atoms with van der Waals surface area (Å²) in [5.74, 6) is 0.0769. The molecule has 5 heteroatoms. The first-order valence-corrected chi connectivity index (χ1v) is 5.93. The van der Waals surface area contributed by atoms with Crippen molar-refractivity contribution >= 4 is 18.3 Å². The van der Waals surface area contributed by atoms with Crippen molar-refractivity contribution in [3.63, 3.8) is 0 Å². The van der Waals surface area contributed by atoms with Gasteiger partial charge in [0, 0.05) is 18.7 Å². The fourth-order valence-electron chi connectivity index (χ4n) is 2.30. The number of carbonyl (C=O) groups is 1. The molecule has 0 spiro atoms. The Morgan fingerprint density at radius 3 is 2.81 bits per heavy atom. The maximum absolute atomic E-state index is 11.8. The van der Waals surface area contributed by atoms with E-state index in [0.29, 0.717) is 6.04 Å². The first-order valence-electron chi connectivity index (χ1n) is 5.93. The highest BCUT2D eigenvalue weighted by Crippen LogP contribution is 2.14. The van der Waals surface area contributed by atoms with Crippen molar-refractivity contribution < 1.29 is 9.53 Å². The van der Waals surface area contributed by atoms with Gasteiger partial charge >= 0.3 is 0 Å². The van der Waals surface area contributed by atoms with Crippen molar-refractivity contribution in [3.05, 3.63) is 0 Å². The summed E-state index contributed by atoms with van der Waals surface area (Å²) in [4.78, 5) is 11.8. The number of ether oxygens (including phenoxy) is 1. The Bertz CT molecular complexity index is 232. The monoisotopic (exact) mass is 248 g/mol. The summed E-state index contributed by atoms with van der Waals surface area (Å²) in [6.45, 7) is 3.92. The van der Waals surface area contributed by atoms with Gasteiger partial charge in [0.25, 0.3) is 0 Å². The van der Waals surface area contributed by atoms with Crippen molar-refractivity contribution in [3.8, 4) is 0 Å². The fraction of sp³-hybridized carbons (Fsp3) is 0.909. The van der Waals surface area contributed by atoms with E-state index < -0.39 is 0 Å². The zero-order valence-electron chi connectivity index (χ0n) is 9.70. The Morgan fingerprint density at radius 2 is 2.19 bits per heavy atom. The zero-order chi connectivity index (χ0) is 10.7. The standard InChI is InChI=1S/C11H20N2O2.ClH/c1-8-9(4-2-6-12-8)13-11(14)10-5-3-7-15-10;/h8-10,12H,2-7H2,1H3,(H,13,14);1H. The Labute approximate surface area is 103 Å². The van der Waals surface area contributed by atoms with Crippen LogP contribution in [0.1, 0.15) is 32.6 Å². The lowest BCUT2D eigenvalue weighted by Crippen LogP contribution is -2.53. The lowest BCUT2D eigenvalue weighted by Gasteiger charge is -2.31. The summed E-state index contributed by atoms with van der Waals surface area (Å²) in [6.07, 6.45) is 3.91.